The van der Waals surface area contributed by atoms with E-state index in [0.717, 1.165) is 25.2 Å². The Bertz CT molecular complexity index is 718. The van der Waals surface area contributed by atoms with Crippen LogP contribution < -0.4 is 9.64 Å². The molecule has 0 bridgehead atoms. The number of aryl methyl sites for hydroxylation is 1. The smallest absolute Gasteiger partial charge is 0.343 e. The van der Waals surface area contributed by atoms with Crippen molar-refractivity contribution >= 4 is 11.9 Å². The third kappa shape index (κ3) is 3.59. The van der Waals surface area contributed by atoms with E-state index in [9.17, 15) is 4.79 Å². The van der Waals surface area contributed by atoms with Crippen LogP contribution in [0.5, 0.6) is 5.88 Å². The molecule has 6 nitrogen and oxygen atoms in total. The van der Waals surface area contributed by atoms with Gasteiger partial charge >= 0.3 is 5.97 Å². The molecule has 3 rings (SSSR count). The van der Waals surface area contributed by atoms with Gasteiger partial charge in [0.2, 0.25) is 11.8 Å². The number of benzene rings is 1. The van der Waals surface area contributed by atoms with Crippen molar-refractivity contribution in [3.63, 3.8) is 0 Å². The van der Waals surface area contributed by atoms with Crippen molar-refractivity contribution in [2.24, 2.45) is 0 Å². The molecule has 2 aromatic rings. The van der Waals surface area contributed by atoms with Gasteiger partial charge in [0.25, 0.3) is 0 Å². The van der Waals surface area contributed by atoms with Crippen molar-refractivity contribution in [1.29, 1.82) is 0 Å². The number of nitrogens with zero attached hydrogens (tertiary/aromatic N) is 3. The molecule has 2 heterocycles. The first-order chi connectivity index (χ1) is 11.2. The van der Waals surface area contributed by atoms with Gasteiger partial charge in [0.15, 0.2) is 6.61 Å². The summed E-state index contributed by atoms with van der Waals surface area (Å²) in [6.07, 6.45) is 0.964. The van der Waals surface area contributed by atoms with E-state index >= 15 is 0 Å². The molecule has 0 atom stereocenters. The molecule has 0 spiro atoms. The number of hydrogen-bond acceptors (Lipinski definition) is 6. The maximum absolute atomic E-state index is 11.2. The van der Waals surface area contributed by atoms with E-state index in [-0.39, 0.29) is 6.61 Å². The molecule has 23 heavy (non-hydrogen) atoms. The second-order valence-corrected chi connectivity index (χ2v) is 5.45. The molecule has 0 saturated carbocycles. The first-order valence-corrected chi connectivity index (χ1v) is 7.53. The number of anilines is 1. The molecule has 120 valence electrons. The Kier molecular flexibility index (Phi) is 4.41. The summed E-state index contributed by atoms with van der Waals surface area (Å²) >= 11 is 0. The fourth-order valence-electron chi connectivity index (χ4n) is 2.60. The van der Waals surface area contributed by atoms with Gasteiger partial charge in [-0.1, -0.05) is 24.3 Å². The van der Waals surface area contributed by atoms with Gasteiger partial charge in [-0.05, 0) is 24.5 Å². The Morgan fingerprint density at radius 1 is 1.26 bits per heavy atom. The van der Waals surface area contributed by atoms with Crippen molar-refractivity contribution in [1.82, 2.24) is 9.97 Å². The molecular weight excluding hydrogens is 294 g/mol. The number of carbonyl (C=O) groups excluding carboxylic acids is 1. The van der Waals surface area contributed by atoms with Gasteiger partial charge in [-0.2, -0.15) is 4.98 Å². The van der Waals surface area contributed by atoms with Crippen LogP contribution in [0, 0.1) is 6.92 Å². The van der Waals surface area contributed by atoms with Crippen molar-refractivity contribution in [2.45, 2.75) is 19.9 Å². The average Bonchev–Trinajstić information content (AvgIpc) is 2.58. The lowest BCUT2D eigenvalue weighted by Gasteiger charge is -2.29. The van der Waals surface area contributed by atoms with Crippen LogP contribution in [0.4, 0.5) is 5.95 Å². The summed E-state index contributed by atoms with van der Waals surface area (Å²) in [5.74, 6) is 0.575. The van der Waals surface area contributed by atoms with E-state index in [1.54, 1.807) is 6.07 Å². The molecule has 0 unspecified atom stereocenters. The van der Waals surface area contributed by atoms with Crippen molar-refractivity contribution < 1.29 is 14.3 Å². The monoisotopic (exact) mass is 313 g/mol. The molecule has 0 N–H and O–H groups in total. The predicted molar refractivity (Wildman–Crippen MR) is 85.5 cm³/mol. The number of aromatic nitrogens is 2. The van der Waals surface area contributed by atoms with Gasteiger partial charge in [0, 0.05) is 24.8 Å². The molecule has 1 aliphatic heterocycles. The summed E-state index contributed by atoms with van der Waals surface area (Å²) in [5.41, 5.74) is 3.47. The van der Waals surface area contributed by atoms with E-state index in [1.807, 2.05) is 13.0 Å². The van der Waals surface area contributed by atoms with Gasteiger partial charge in [-0.3, -0.25) is 0 Å². The number of hydrogen-bond donors (Lipinski definition) is 0. The molecular formula is C17H19N3O3. The van der Waals surface area contributed by atoms with Crippen molar-refractivity contribution in [2.75, 3.05) is 25.2 Å². The first kappa shape index (κ1) is 15.3. The van der Waals surface area contributed by atoms with Crippen molar-refractivity contribution in [3.05, 3.63) is 47.2 Å². The SMILES string of the molecule is COC(=O)COc1cc(C)nc(N2CCc3ccccc3C2)n1. The molecule has 0 amide bonds. The Labute approximate surface area is 135 Å². The molecule has 6 heteroatoms. The predicted octanol–water partition coefficient (Wildman–Crippen LogP) is 1.90. The lowest BCUT2D eigenvalue weighted by atomic mass is 10.0. The van der Waals surface area contributed by atoms with E-state index in [0.29, 0.717) is 11.8 Å². The van der Waals surface area contributed by atoms with Gasteiger partial charge < -0.3 is 14.4 Å². The van der Waals surface area contributed by atoms with Crippen LogP contribution >= 0.6 is 0 Å². The topological polar surface area (TPSA) is 64.6 Å². The summed E-state index contributed by atoms with van der Waals surface area (Å²) in [4.78, 5) is 22.2. The molecule has 1 aliphatic rings. The number of methoxy groups -OCH3 is 1. The zero-order valence-corrected chi connectivity index (χ0v) is 13.3. The lowest BCUT2D eigenvalue weighted by molar-refractivity contribution is -0.143. The van der Waals surface area contributed by atoms with Crippen LogP contribution in [0.25, 0.3) is 0 Å². The number of carbonyl (C=O) groups is 1. The minimum atomic E-state index is -0.435. The summed E-state index contributed by atoms with van der Waals surface area (Å²) < 4.78 is 9.96. The zero-order chi connectivity index (χ0) is 16.2. The molecule has 0 saturated heterocycles. The van der Waals surface area contributed by atoms with E-state index < -0.39 is 5.97 Å². The third-order valence-electron chi connectivity index (χ3n) is 3.80. The van der Waals surface area contributed by atoms with Crippen LogP contribution in [0.1, 0.15) is 16.8 Å². The molecule has 0 aliphatic carbocycles. The second kappa shape index (κ2) is 6.64. The summed E-state index contributed by atoms with van der Waals surface area (Å²) in [5, 5.41) is 0. The average molecular weight is 313 g/mol. The van der Waals surface area contributed by atoms with Crippen LogP contribution in [-0.2, 0) is 22.5 Å². The number of rotatable bonds is 4. The molecule has 0 fully saturated rings. The maximum Gasteiger partial charge on any atom is 0.343 e. The fraction of sp³-hybridized carbons (Fsp3) is 0.353. The highest BCUT2D eigenvalue weighted by molar-refractivity contribution is 5.70. The number of fused-ring (bicyclic) bond motifs is 1. The first-order valence-electron chi connectivity index (χ1n) is 7.53. The minimum Gasteiger partial charge on any atom is -0.466 e. The number of esters is 1. The van der Waals surface area contributed by atoms with Gasteiger partial charge in [0.05, 0.1) is 7.11 Å². The van der Waals surface area contributed by atoms with Crippen LogP contribution in [0.15, 0.2) is 30.3 Å². The summed E-state index contributed by atoms with van der Waals surface area (Å²) in [6, 6.07) is 10.1. The maximum atomic E-state index is 11.2. The highest BCUT2D eigenvalue weighted by Crippen LogP contribution is 2.23. The van der Waals surface area contributed by atoms with Gasteiger partial charge in [0.1, 0.15) is 0 Å². The second-order valence-electron chi connectivity index (χ2n) is 5.45. The standard InChI is InChI=1S/C17H19N3O3/c1-12-9-15(23-11-16(21)22-2)19-17(18-12)20-8-7-13-5-3-4-6-14(13)10-20/h3-6,9H,7-8,10-11H2,1-2H3. The summed E-state index contributed by atoms with van der Waals surface area (Å²) in [6.45, 7) is 3.36. The lowest BCUT2D eigenvalue weighted by Crippen LogP contribution is -2.32. The quantitative estimate of drug-likeness (QED) is 0.803. The third-order valence-corrected chi connectivity index (χ3v) is 3.80. The Hall–Kier alpha value is -2.63. The highest BCUT2D eigenvalue weighted by atomic mass is 16.6. The Balaban J connectivity index is 1.78. The zero-order valence-electron chi connectivity index (χ0n) is 13.3. The molecule has 1 aromatic heterocycles. The van der Waals surface area contributed by atoms with Crippen molar-refractivity contribution in [3.8, 4) is 5.88 Å². The Morgan fingerprint density at radius 3 is 2.83 bits per heavy atom. The van der Waals surface area contributed by atoms with Crippen LogP contribution in [-0.4, -0.2) is 36.2 Å². The van der Waals surface area contributed by atoms with Crippen LogP contribution in [0.2, 0.25) is 0 Å². The number of ether oxygens (including phenoxy) is 2. The largest absolute Gasteiger partial charge is 0.466 e. The van der Waals surface area contributed by atoms with Gasteiger partial charge in [-0.15, -0.1) is 0 Å². The van der Waals surface area contributed by atoms with E-state index in [4.69, 9.17) is 4.74 Å². The highest BCUT2D eigenvalue weighted by Gasteiger charge is 2.19. The Morgan fingerprint density at radius 2 is 2.04 bits per heavy atom. The van der Waals surface area contributed by atoms with Crippen LogP contribution in [0.3, 0.4) is 0 Å². The molecule has 0 radical (unpaired) electrons. The van der Waals surface area contributed by atoms with Gasteiger partial charge in [-0.25, -0.2) is 9.78 Å². The normalized spacial score (nSPS) is 13.4. The summed E-state index contributed by atoms with van der Waals surface area (Å²) in [7, 11) is 1.33. The van der Waals surface area contributed by atoms with E-state index in [2.05, 4.69) is 37.8 Å². The minimum absolute atomic E-state index is 0.158. The molecule has 1 aromatic carbocycles. The fourth-order valence-corrected chi connectivity index (χ4v) is 2.60. The van der Waals surface area contributed by atoms with E-state index in [1.165, 1.54) is 18.2 Å².